The maximum atomic E-state index is 13.1. The first-order valence-electron chi connectivity index (χ1n) is 8.15. The number of benzene rings is 1. The summed E-state index contributed by atoms with van der Waals surface area (Å²) in [6.45, 7) is 2.91. The van der Waals surface area contributed by atoms with Crippen LogP contribution in [0.5, 0.6) is 0 Å². The van der Waals surface area contributed by atoms with Crippen LogP contribution >= 0.6 is 11.3 Å². The van der Waals surface area contributed by atoms with E-state index >= 15 is 0 Å². The van der Waals surface area contributed by atoms with Gasteiger partial charge in [0.25, 0.3) is 0 Å². The second-order valence-corrected chi connectivity index (χ2v) is 7.07. The lowest BCUT2D eigenvalue weighted by Crippen LogP contribution is -2.17. The molecule has 3 heterocycles. The van der Waals surface area contributed by atoms with E-state index in [0.29, 0.717) is 4.88 Å². The van der Waals surface area contributed by atoms with Gasteiger partial charge in [-0.1, -0.05) is 0 Å². The second-order valence-electron chi connectivity index (χ2n) is 6.04. The first kappa shape index (κ1) is 16.2. The van der Waals surface area contributed by atoms with E-state index in [4.69, 9.17) is 9.47 Å². The summed E-state index contributed by atoms with van der Waals surface area (Å²) < 4.78 is 25.7. The number of halogens is 1. The number of carbonyl (C=O) groups excluding carboxylic acids is 1. The Hall–Kier alpha value is -2.25. The monoisotopic (exact) mass is 360 g/mol. The van der Waals surface area contributed by atoms with Crippen LogP contribution in [0, 0.1) is 12.7 Å². The third kappa shape index (κ3) is 3.17. The van der Waals surface area contributed by atoms with Crippen LogP contribution in [0.15, 0.2) is 30.3 Å². The molecule has 1 aliphatic heterocycles. The van der Waals surface area contributed by atoms with E-state index in [1.54, 1.807) is 22.9 Å². The van der Waals surface area contributed by atoms with Gasteiger partial charge in [0.1, 0.15) is 22.1 Å². The number of esters is 1. The van der Waals surface area contributed by atoms with E-state index in [-0.39, 0.29) is 24.5 Å². The van der Waals surface area contributed by atoms with Crippen LogP contribution in [0.2, 0.25) is 0 Å². The molecular formula is C18H17FN2O3S. The fourth-order valence-electron chi connectivity index (χ4n) is 2.92. The number of fused-ring (bicyclic) bond motifs is 1. The molecule has 1 aliphatic rings. The molecule has 130 valence electrons. The third-order valence-electron chi connectivity index (χ3n) is 4.24. The average Bonchev–Trinajstić information content (AvgIpc) is 3.32. The van der Waals surface area contributed by atoms with Gasteiger partial charge < -0.3 is 9.47 Å². The summed E-state index contributed by atoms with van der Waals surface area (Å²) in [6.07, 6.45) is 1.95. The SMILES string of the molecule is Cc1nn(-c2ccc(F)cc2)c2sc(C(=O)OCC3CCCO3)cc12. The lowest BCUT2D eigenvalue weighted by Gasteiger charge is -2.09. The lowest BCUT2D eigenvalue weighted by molar-refractivity contribution is 0.0165. The summed E-state index contributed by atoms with van der Waals surface area (Å²) in [4.78, 5) is 13.7. The fraction of sp³-hybridized carbons (Fsp3) is 0.333. The van der Waals surface area contributed by atoms with E-state index in [0.717, 1.165) is 41.0 Å². The summed E-state index contributed by atoms with van der Waals surface area (Å²) in [5.41, 5.74) is 1.56. The molecule has 1 saturated heterocycles. The number of aromatic nitrogens is 2. The molecule has 0 saturated carbocycles. The molecule has 0 bridgehead atoms. The minimum absolute atomic E-state index is 0.00905. The molecule has 1 aromatic carbocycles. The first-order chi connectivity index (χ1) is 12.1. The topological polar surface area (TPSA) is 53.4 Å². The fourth-order valence-corrected chi connectivity index (χ4v) is 4.00. The van der Waals surface area contributed by atoms with Gasteiger partial charge in [0.2, 0.25) is 0 Å². The summed E-state index contributed by atoms with van der Waals surface area (Å²) in [5.74, 6) is -0.643. The van der Waals surface area contributed by atoms with Gasteiger partial charge in [0, 0.05) is 12.0 Å². The number of rotatable bonds is 4. The third-order valence-corrected chi connectivity index (χ3v) is 5.33. The van der Waals surface area contributed by atoms with Gasteiger partial charge in [-0.15, -0.1) is 11.3 Å². The number of carbonyl (C=O) groups is 1. The van der Waals surface area contributed by atoms with Crippen LogP contribution in [0.4, 0.5) is 4.39 Å². The Morgan fingerprint density at radius 3 is 2.96 bits per heavy atom. The van der Waals surface area contributed by atoms with Crippen LogP contribution in [-0.2, 0) is 9.47 Å². The molecule has 25 heavy (non-hydrogen) atoms. The van der Waals surface area contributed by atoms with E-state index < -0.39 is 0 Å². The molecule has 5 nitrogen and oxygen atoms in total. The predicted molar refractivity (Wildman–Crippen MR) is 92.9 cm³/mol. The normalized spacial score (nSPS) is 17.3. The molecule has 0 N–H and O–H groups in total. The molecule has 1 unspecified atom stereocenters. The van der Waals surface area contributed by atoms with Crippen LogP contribution in [0.1, 0.15) is 28.2 Å². The van der Waals surface area contributed by atoms with Crippen molar-refractivity contribution in [2.45, 2.75) is 25.9 Å². The van der Waals surface area contributed by atoms with Crippen molar-refractivity contribution in [2.24, 2.45) is 0 Å². The largest absolute Gasteiger partial charge is 0.459 e. The highest BCUT2D eigenvalue weighted by Crippen LogP contribution is 2.31. The van der Waals surface area contributed by atoms with Crippen molar-refractivity contribution < 1.29 is 18.7 Å². The molecule has 0 radical (unpaired) electrons. The molecule has 1 atom stereocenters. The lowest BCUT2D eigenvalue weighted by atomic mass is 10.2. The maximum absolute atomic E-state index is 13.1. The summed E-state index contributed by atoms with van der Waals surface area (Å²) in [6, 6.07) is 7.91. The zero-order chi connectivity index (χ0) is 17.4. The molecule has 0 aliphatic carbocycles. The molecule has 0 amide bonds. The van der Waals surface area contributed by atoms with E-state index in [9.17, 15) is 9.18 Å². The molecule has 2 aromatic heterocycles. The minimum Gasteiger partial charge on any atom is -0.459 e. The zero-order valence-corrected chi connectivity index (χ0v) is 14.5. The number of hydrogen-bond donors (Lipinski definition) is 0. The number of thiophene rings is 1. The first-order valence-corrected chi connectivity index (χ1v) is 8.97. The van der Waals surface area contributed by atoms with Crippen LogP contribution in [0.25, 0.3) is 15.9 Å². The van der Waals surface area contributed by atoms with Gasteiger partial charge >= 0.3 is 5.97 Å². The number of nitrogens with zero attached hydrogens (tertiary/aromatic N) is 2. The smallest absolute Gasteiger partial charge is 0.348 e. The quantitative estimate of drug-likeness (QED) is 0.663. The molecule has 4 rings (SSSR count). The highest BCUT2D eigenvalue weighted by atomic mass is 32.1. The molecule has 1 fully saturated rings. The predicted octanol–water partition coefficient (Wildman–Crippen LogP) is 3.87. The molecule has 7 heteroatoms. The Kier molecular flexibility index (Phi) is 4.27. The standard InChI is InChI=1S/C18H17FN2O3S/c1-11-15-9-16(18(22)24-10-14-3-2-8-23-14)25-17(15)21(20-11)13-6-4-12(19)5-7-13/h4-7,9,14H,2-3,8,10H2,1H3. The summed E-state index contributed by atoms with van der Waals surface area (Å²) in [7, 11) is 0. The number of hydrogen-bond acceptors (Lipinski definition) is 5. The summed E-state index contributed by atoms with van der Waals surface area (Å²) in [5, 5.41) is 5.39. The molecule has 0 spiro atoms. The van der Waals surface area contributed by atoms with Crippen molar-refractivity contribution in [2.75, 3.05) is 13.2 Å². The van der Waals surface area contributed by atoms with E-state index in [1.807, 2.05) is 6.92 Å². The van der Waals surface area contributed by atoms with Crippen molar-refractivity contribution in [3.05, 3.63) is 46.7 Å². The van der Waals surface area contributed by atoms with Gasteiger partial charge in [-0.3, -0.25) is 0 Å². The van der Waals surface area contributed by atoms with Gasteiger partial charge in [-0.05, 0) is 50.1 Å². The van der Waals surface area contributed by atoms with Crippen LogP contribution < -0.4 is 0 Å². The highest BCUT2D eigenvalue weighted by Gasteiger charge is 2.21. The number of ether oxygens (including phenoxy) is 2. The van der Waals surface area contributed by atoms with Crippen molar-refractivity contribution >= 4 is 27.5 Å². The molecular weight excluding hydrogens is 343 g/mol. The van der Waals surface area contributed by atoms with Gasteiger partial charge in [0.05, 0.1) is 17.5 Å². The van der Waals surface area contributed by atoms with Crippen molar-refractivity contribution in [1.29, 1.82) is 0 Å². The maximum Gasteiger partial charge on any atom is 0.348 e. The molecule has 3 aromatic rings. The zero-order valence-electron chi connectivity index (χ0n) is 13.7. The Bertz CT molecular complexity index is 910. The van der Waals surface area contributed by atoms with Crippen LogP contribution in [0.3, 0.4) is 0 Å². The van der Waals surface area contributed by atoms with Crippen LogP contribution in [-0.4, -0.2) is 35.1 Å². The van der Waals surface area contributed by atoms with Gasteiger partial charge in [-0.25, -0.2) is 13.9 Å². The summed E-state index contributed by atoms with van der Waals surface area (Å²) >= 11 is 1.33. The van der Waals surface area contributed by atoms with Gasteiger partial charge in [0.15, 0.2) is 0 Å². The van der Waals surface area contributed by atoms with Crippen molar-refractivity contribution in [1.82, 2.24) is 9.78 Å². The van der Waals surface area contributed by atoms with E-state index in [1.165, 1.54) is 23.5 Å². The van der Waals surface area contributed by atoms with Crippen molar-refractivity contribution in [3.8, 4) is 5.69 Å². The minimum atomic E-state index is -0.346. The second kappa shape index (κ2) is 6.57. The number of aryl methyl sites for hydroxylation is 1. The average molecular weight is 360 g/mol. The Balaban J connectivity index is 1.60. The van der Waals surface area contributed by atoms with Crippen molar-refractivity contribution in [3.63, 3.8) is 0 Å². The van der Waals surface area contributed by atoms with Gasteiger partial charge in [-0.2, -0.15) is 5.10 Å². The Morgan fingerprint density at radius 1 is 1.44 bits per heavy atom. The highest BCUT2D eigenvalue weighted by molar-refractivity contribution is 7.20. The Morgan fingerprint density at radius 2 is 2.24 bits per heavy atom. The Labute approximate surface area is 148 Å². The van der Waals surface area contributed by atoms with E-state index in [2.05, 4.69) is 5.10 Å².